The molecular formula is C15H17ClNO4S-. The molecule has 0 aliphatic heterocycles. The number of allylic oxidation sites excluding steroid dienone is 1. The van der Waals surface area contributed by atoms with E-state index in [1.807, 2.05) is 6.08 Å². The van der Waals surface area contributed by atoms with Crippen LogP contribution in [-0.4, -0.2) is 27.9 Å². The molecule has 1 aliphatic carbocycles. The number of rotatable bonds is 7. The van der Waals surface area contributed by atoms with Crippen molar-refractivity contribution in [1.29, 1.82) is 0 Å². The van der Waals surface area contributed by atoms with Crippen LogP contribution in [0.15, 0.2) is 35.9 Å². The first-order valence-corrected chi connectivity index (χ1v) is 8.43. The highest BCUT2D eigenvalue weighted by atomic mass is 35.5. The van der Waals surface area contributed by atoms with Crippen LogP contribution in [0.5, 0.6) is 0 Å². The summed E-state index contributed by atoms with van der Waals surface area (Å²) >= 11 is 3.56. The van der Waals surface area contributed by atoms with Gasteiger partial charge in [-0.3, -0.25) is 13.3 Å². The average molecular weight is 343 g/mol. The lowest BCUT2D eigenvalue weighted by Gasteiger charge is -2.38. The van der Waals surface area contributed by atoms with Gasteiger partial charge in [-0.25, -0.2) is 0 Å². The van der Waals surface area contributed by atoms with E-state index in [4.69, 9.17) is 16.3 Å². The molecule has 120 valence electrons. The SMILES string of the molecule is O=COCCC1=CCCCC1N(c1cccc(Cl)c1)S(=O)[O-]. The molecule has 1 aliphatic rings. The van der Waals surface area contributed by atoms with Crippen molar-refractivity contribution >= 4 is 35.0 Å². The molecule has 5 nitrogen and oxygen atoms in total. The van der Waals surface area contributed by atoms with Crippen molar-refractivity contribution in [1.82, 2.24) is 0 Å². The van der Waals surface area contributed by atoms with Crippen molar-refractivity contribution in [3.05, 3.63) is 40.9 Å². The Bertz CT molecular complexity index is 578. The lowest BCUT2D eigenvalue weighted by atomic mass is 9.92. The van der Waals surface area contributed by atoms with Crippen LogP contribution in [0.25, 0.3) is 0 Å². The second kappa shape index (κ2) is 8.31. The molecule has 0 saturated heterocycles. The third-order valence-electron chi connectivity index (χ3n) is 3.60. The highest BCUT2D eigenvalue weighted by molar-refractivity contribution is 7.80. The highest BCUT2D eigenvalue weighted by Crippen LogP contribution is 2.31. The molecule has 1 aromatic rings. The van der Waals surface area contributed by atoms with E-state index >= 15 is 0 Å². The molecule has 0 bridgehead atoms. The molecule has 0 fully saturated rings. The first-order valence-electron chi connectivity index (χ1n) is 7.02. The molecule has 0 saturated carbocycles. The third-order valence-corrected chi connectivity index (χ3v) is 4.62. The maximum absolute atomic E-state index is 11.8. The zero-order chi connectivity index (χ0) is 15.9. The van der Waals surface area contributed by atoms with Crippen molar-refractivity contribution in [2.24, 2.45) is 0 Å². The van der Waals surface area contributed by atoms with Crippen molar-refractivity contribution < 1.29 is 18.3 Å². The van der Waals surface area contributed by atoms with E-state index in [2.05, 4.69) is 0 Å². The van der Waals surface area contributed by atoms with Gasteiger partial charge in [0.25, 0.3) is 6.47 Å². The molecule has 1 aromatic carbocycles. The number of anilines is 1. The second-order valence-electron chi connectivity index (χ2n) is 4.97. The number of halogens is 1. The minimum absolute atomic E-state index is 0.251. The Labute approximate surface area is 137 Å². The number of ether oxygens (including phenoxy) is 1. The molecule has 0 heterocycles. The summed E-state index contributed by atoms with van der Waals surface area (Å²) in [7, 11) is 0. The molecule has 0 N–H and O–H groups in total. The molecule has 0 aromatic heterocycles. The number of hydrogen-bond acceptors (Lipinski definition) is 4. The van der Waals surface area contributed by atoms with Gasteiger partial charge in [-0.15, -0.1) is 0 Å². The Balaban J connectivity index is 2.26. The van der Waals surface area contributed by atoms with Crippen LogP contribution in [-0.2, 0) is 20.8 Å². The molecule has 0 spiro atoms. The third kappa shape index (κ3) is 4.32. The van der Waals surface area contributed by atoms with Crippen LogP contribution in [0, 0.1) is 0 Å². The van der Waals surface area contributed by atoms with Gasteiger partial charge in [0, 0.05) is 22.7 Å². The molecule has 2 rings (SSSR count). The maximum Gasteiger partial charge on any atom is 0.293 e. The Morgan fingerprint density at radius 3 is 3.00 bits per heavy atom. The molecule has 7 heteroatoms. The number of carbonyl (C=O) groups excluding carboxylic acids is 1. The first kappa shape index (κ1) is 17.0. The van der Waals surface area contributed by atoms with E-state index in [0.29, 0.717) is 23.6 Å². The minimum atomic E-state index is -2.41. The molecular weight excluding hydrogens is 326 g/mol. The summed E-state index contributed by atoms with van der Waals surface area (Å²) < 4.78 is 29.6. The zero-order valence-corrected chi connectivity index (χ0v) is 13.5. The fourth-order valence-corrected chi connectivity index (χ4v) is 3.58. The average Bonchev–Trinajstić information content (AvgIpc) is 2.49. The summed E-state index contributed by atoms with van der Waals surface area (Å²) in [6.07, 6.45) is 5.11. The van der Waals surface area contributed by atoms with Crippen LogP contribution in [0.2, 0.25) is 5.02 Å². The highest BCUT2D eigenvalue weighted by Gasteiger charge is 2.26. The van der Waals surface area contributed by atoms with Crippen LogP contribution >= 0.6 is 11.6 Å². The van der Waals surface area contributed by atoms with Gasteiger partial charge in [0.1, 0.15) is 0 Å². The van der Waals surface area contributed by atoms with Gasteiger partial charge in [0.05, 0.1) is 18.3 Å². The fraction of sp³-hybridized carbons (Fsp3) is 0.400. The largest absolute Gasteiger partial charge is 0.755 e. The zero-order valence-electron chi connectivity index (χ0n) is 11.9. The van der Waals surface area contributed by atoms with E-state index in [1.165, 1.54) is 4.31 Å². The maximum atomic E-state index is 11.8. The molecule has 0 radical (unpaired) electrons. The predicted octanol–water partition coefficient (Wildman–Crippen LogP) is 2.98. The van der Waals surface area contributed by atoms with E-state index in [1.54, 1.807) is 24.3 Å². The van der Waals surface area contributed by atoms with Crippen molar-refractivity contribution in [3.63, 3.8) is 0 Å². The lowest BCUT2D eigenvalue weighted by molar-refractivity contribution is -0.128. The smallest absolute Gasteiger partial charge is 0.293 e. The first-order chi connectivity index (χ1) is 10.6. The molecule has 2 unspecified atom stereocenters. The summed E-state index contributed by atoms with van der Waals surface area (Å²) in [5.41, 5.74) is 1.51. The van der Waals surface area contributed by atoms with Gasteiger partial charge < -0.3 is 9.29 Å². The normalized spacial score (nSPS) is 19.2. The van der Waals surface area contributed by atoms with Gasteiger partial charge in [-0.1, -0.05) is 23.7 Å². The van der Waals surface area contributed by atoms with Crippen LogP contribution in [0.1, 0.15) is 25.7 Å². The molecule has 22 heavy (non-hydrogen) atoms. The summed E-state index contributed by atoms with van der Waals surface area (Å²) in [5.74, 6) is 0. The van der Waals surface area contributed by atoms with Crippen molar-refractivity contribution in [2.45, 2.75) is 31.7 Å². The van der Waals surface area contributed by atoms with Crippen LogP contribution in [0.4, 0.5) is 5.69 Å². The topological polar surface area (TPSA) is 69.7 Å². The van der Waals surface area contributed by atoms with Crippen molar-refractivity contribution in [2.75, 3.05) is 10.9 Å². The fourth-order valence-electron chi connectivity index (χ4n) is 2.66. The Hall–Kier alpha value is -1.37. The van der Waals surface area contributed by atoms with Gasteiger partial charge >= 0.3 is 0 Å². The standard InChI is InChI=1S/C15H18ClNO4S/c16-13-5-3-6-14(10-13)17(22(19)20)15-7-2-1-4-12(15)8-9-21-11-18/h3-6,10-11,15H,1-2,7-9H2,(H,19,20)/p-1. The monoisotopic (exact) mass is 342 g/mol. The molecule has 0 amide bonds. The predicted molar refractivity (Wildman–Crippen MR) is 85.2 cm³/mol. The van der Waals surface area contributed by atoms with Crippen LogP contribution in [0.3, 0.4) is 0 Å². The Kier molecular flexibility index (Phi) is 6.42. The quantitative estimate of drug-likeness (QED) is 0.330. The van der Waals surface area contributed by atoms with E-state index in [9.17, 15) is 13.6 Å². The number of nitrogens with zero attached hydrogens (tertiary/aromatic N) is 1. The summed E-state index contributed by atoms with van der Waals surface area (Å²) in [6, 6.07) is 6.51. The van der Waals surface area contributed by atoms with E-state index < -0.39 is 11.3 Å². The number of hydrogen-bond donors (Lipinski definition) is 0. The minimum Gasteiger partial charge on any atom is -0.755 e. The Morgan fingerprint density at radius 1 is 1.50 bits per heavy atom. The summed E-state index contributed by atoms with van der Waals surface area (Å²) in [6.45, 7) is 0.652. The van der Waals surface area contributed by atoms with Gasteiger partial charge in [0.15, 0.2) is 0 Å². The van der Waals surface area contributed by atoms with Gasteiger partial charge in [-0.2, -0.15) is 0 Å². The Morgan fingerprint density at radius 2 is 2.32 bits per heavy atom. The number of benzene rings is 1. The lowest BCUT2D eigenvalue weighted by Crippen LogP contribution is -2.39. The second-order valence-corrected chi connectivity index (χ2v) is 6.23. The van der Waals surface area contributed by atoms with Crippen molar-refractivity contribution in [3.8, 4) is 0 Å². The van der Waals surface area contributed by atoms with Crippen LogP contribution < -0.4 is 4.31 Å². The number of carbonyl (C=O) groups is 1. The molecule has 2 atom stereocenters. The summed E-state index contributed by atoms with van der Waals surface area (Å²) in [4.78, 5) is 10.3. The van der Waals surface area contributed by atoms with E-state index in [-0.39, 0.29) is 12.6 Å². The van der Waals surface area contributed by atoms with E-state index in [0.717, 1.165) is 24.8 Å². The summed E-state index contributed by atoms with van der Waals surface area (Å²) in [5, 5.41) is 0.485. The van der Waals surface area contributed by atoms with Gasteiger partial charge in [0.2, 0.25) is 0 Å². The van der Waals surface area contributed by atoms with Gasteiger partial charge in [-0.05, 0) is 43.0 Å².